The van der Waals surface area contributed by atoms with E-state index in [2.05, 4.69) is 20.3 Å². The molecule has 0 fully saturated rings. The molecule has 0 aliphatic carbocycles. The minimum absolute atomic E-state index is 0.0335. The molecule has 1 aromatic carbocycles. The van der Waals surface area contributed by atoms with Gasteiger partial charge in [0.2, 0.25) is 5.95 Å². The highest BCUT2D eigenvalue weighted by Crippen LogP contribution is 2.30. The van der Waals surface area contributed by atoms with Gasteiger partial charge in [-0.3, -0.25) is 9.78 Å². The SMILES string of the molecule is NC(=O)c1cc(-c2ccc(C(F)(F)F)cc2)nc(NCCc2cccnc2)n1. The zero-order chi connectivity index (χ0) is 20.1. The third kappa shape index (κ3) is 4.81. The van der Waals surface area contributed by atoms with Gasteiger partial charge in [-0.05, 0) is 36.2 Å². The predicted molar refractivity (Wildman–Crippen MR) is 97.4 cm³/mol. The number of halogens is 3. The molecule has 0 bridgehead atoms. The van der Waals surface area contributed by atoms with E-state index >= 15 is 0 Å². The molecule has 3 N–H and O–H groups in total. The topological polar surface area (TPSA) is 93.8 Å². The number of carbonyl (C=O) groups is 1. The van der Waals surface area contributed by atoms with Crippen LogP contribution in [0.25, 0.3) is 11.3 Å². The highest BCUT2D eigenvalue weighted by molar-refractivity contribution is 5.92. The lowest BCUT2D eigenvalue weighted by Gasteiger charge is -2.10. The normalized spacial score (nSPS) is 11.2. The van der Waals surface area contributed by atoms with Gasteiger partial charge in [-0.15, -0.1) is 0 Å². The summed E-state index contributed by atoms with van der Waals surface area (Å²) in [7, 11) is 0. The molecule has 2 heterocycles. The summed E-state index contributed by atoms with van der Waals surface area (Å²) in [5, 5.41) is 3.00. The molecule has 3 rings (SSSR count). The van der Waals surface area contributed by atoms with E-state index in [9.17, 15) is 18.0 Å². The first-order chi connectivity index (χ1) is 13.3. The lowest BCUT2D eigenvalue weighted by atomic mass is 10.1. The number of carbonyl (C=O) groups excluding carboxylic acids is 1. The van der Waals surface area contributed by atoms with Crippen LogP contribution in [0.2, 0.25) is 0 Å². The number of amides is 1. The summed E-state index contributed by atoms with van der Waals surface area (Å²) in [4.78, 5) is 23.9. The molecule has 0 aliphatic heterocycles. The van der Waals surface area contributed by atoms with Crippen LogP contribution in [0, 0.1) is 0 Å². The Kier molecular flexibility index (Phi) is 5.53. The molecule has 6 nitrogen and oxygen atoms in total. The Labute approximate surface area is 158 Å². The number of alkyl halides is 3. The van der Waals surface area contributed by atoms with E-state index in [1.165, 1.54) is 18.2 Å². The smallest absolute Gasteiger partial charge is 0.364 e. The molecule has 2 aromatic heterocycles. The van der Waals surface area contributed by atoms with Crippen molar-refractivity contribution in [3.05, 3.63) is 71.7 Å². The number of hydrogen-bond donors (Lipinski definition) is 2. The number of aromatic nitrogens is 3. The van der Waals surface area contributed by atoms with Gasteiger partial charge in [-0.25, -0.2) is 9.97 Å². The van der Waals surface area contributed by atoms with E-state index in [1.54, 1.807) is 12.4 Å². The van der Waals surface area contributed by atoms with Gasteiger partial charge in [0, 0.05) is 24.5 Å². The molecule has 144 valence electrons. The summed E-state index contributed by atoms with van der Waals surface area (Å²) in [5.74, 6) is -0.596. The molecule has 3 aromatic rings. The molecule has 1 amide bonds. The summed E-state index contributed by atoms with van der Waals surface area (Å²) in [6, 6.07) is 9.57. The fraction of sp³-hybridized carbons (Fsp3) is 0.158. The van der Waals surface area contributed by atoms with Gasteiger partial charge in [0.05, 0.1) is 11.3 Å². The maximum absolute atomic E-state index is 12.7. The van der Waals surface area contributed by atoms with E-state index in [0.717, 1.165) is 17.7 Å². The van der Waals surface area contributed by atoms with Crippen LogP contribution in [0.15, 0.2) is 54.9 Å². The largest absolute Gasteiger partial charge is 0.416 e. The molecule has 0 saturated carbocycles. The molecule has 0 aliphatic rings. The number of pyridine rings is 1. The summed E-state index contributed by atoms with van der Waals surface area (Å²) < 4.78 is 38.2. The van der Waals surface area contributed by atoms with Crippen LogP contribution in [-0.4, -0.2) is 27.4 Å². The predicted octanol–water partition coefficient (Wildman–Crippen LogP) is 3.31. The summed E-state index contributed by atoms with van der Waals surface area (Å²) >= 11 is 0. The zero-order valence-corrected chi connectivity index (χ0v) is 14.6. The van der Waals surface area contributed by atoms with E-state index in [-0.39, 0.29) is 11.6 Å². The number of primary amides is 1. The fourth-order valence-electron chi connectivity index (χ4n) is 2.50. The summed E-state index contributed by atoms with van der Waals surface area (Å²) in [5.41, 5.74) is 6.22. The third-order valence-electron chi connectivity index (χ3n) is 3.91. The Bertz CT molecular complexity index is 960. The van der Waals surface area contributed by atoms with Crippen molar-refractivity contribution in [3.63, 3.8) is 0 Å². The lowest BCUT2D eigenvalue weighted by Crippen LogP contribution is -2.16. The van der Waals surface area contributed by atoms with Crippen LogP contribution in [0.3, 0.4) is 0 Å². The molecule has 0 saturated heterocycles. The molecular formula is C19H16F3N5O. The van der Waals surface area contributed by atoms with E-state index < -0.39 is 17.6 Å². The highest BCUT2D eigenvalue weighted by Gasteiger charge is 2.30. The second-order valence-electron chi connectivity index (χ2n) is 5.94. The number of benzene rings is 1. The Morgan fingerprint density at radius 1 is 1.11 bits per heavy atom. The second-order valence-corrected chi connectivity index (χ2v) is 5.94. The first-order valence-electron chi connectivity index (χ1n) is 8.32. The van der Waals surface area contributed by atoms with Crippen LogP contribution < -0.4 is 11.1 Å². The standard InChI is InChI=1S/C19H16F3N5O/c20-19(21,22)14-5-3-13(4-6-14)15-10-16(17(23)28)27-18(26-15)25-9-7-12-2-1-8-24-11-12/h1-6,8,10-11H,7,9H2,(H2,23,28)(H,25,26,27). The number of nitrogens with one attached hydrogen (secondary N) is 1. The average Bonchev–Trinajstić information content (AvgIpc) is 2.68. The van der Waals surface area contributed by atoms with Gasteiger partial charge in [0.25, 0.3) is 5.91 Å². The first kappa shape index (κ1) is 19.3. The average molecular weight is 387 g/mol. The first-order valence-corrected chi connectivity index (χ1v) is 8.32. The van der Waals surface area contributed by atoms with Crippen LogP contribution in [0.4, 0.5) is 19.1 Å². The number of hydrogen-bond acceptors (Lipinski definition) is 5. The number of anilines is 1. The Balaban J connectivity index is 1.82. The molecule has 0 atom stereocenters. The maximum atomic E-state index is 12.7. The van der Waals surface area contributed by atoms with Crippen molar-refractivity contribution in [2.24, 2.45) is 5.73 Å². The Hall–Kier alpha value is -3.49. The molecule has 0 spiro atoms. The van der Waals surface area contributed by atoms with Crippen molar-refractivity contribution >= 4 is 11.9 Å². The highest BCUT2D eigenvalue weighted by atomic mass is 19.4. The zero-order valence-electron chi connectivity index (χ0n) is 14.6. The third-order valence-corrected chi connectivity index (χ3v) is 3.91. The quantitative estimate of drug-likeness (QED) is 0.677. The minimum Gasteiger partial charge on any atom is -0.364 e. The molecule has 28 heavy (non-hydrogen) atoms. The van der Waals surface area contributed by atoms with Gasteiger partial charge < -0.3 is 11.1 Å². The van der Waals surface area contributed by atoms with E-state index in [4.69, 9.17) is 5.73 Å². The van der Waals surface area contributed by atoms with Crippen molar-refractivity contribution in [1.82, 2.24) is 15.0 Å². The Morgan fingerprint density at radius 3 is 2.46 bits per heavy atom. The number of rotatable bonds is 6. The van der Waals surface area contributed by atoms with Crippen LogP contribution >= 0.6 is 0 Å². The number of nitrogens with two attached hydrogens (primary N) is 1. The van der Waals surface area contributed by atoms with Gasteiger partial charge in [-0.1, -0.05) is 18.2 Å². The van der Waals surface area contributed by atoms with E-state index in [1.807, 2.05) is 12.1 Å². The monoisotopic (exact) mass is 387 g/mol. The van der Waals surface area contributed by atoms with Crippen molar-refractivity contribution in [2.75, 3.05) is 11.9 Å². The van der Waals surface area contributed by atoms with Gasteiger partial charge >= 0.3 is 6.18 Å². The molecule has 9 heteroatoms. The van der Waals surface area contributed by atoms with Crippen molar-refractivity contribution < 1.29 is 18.0 Å². The van der Waals surface area contributed by atoms with Gasteiger partial charge in [0.15, 0.2) is 0 Å². The van der Waals surface area contributed by atoms with E-state index in [0.29, 0.717) is 24.2 Å². The van der Waals surface area contributed by atoms with Gasteiger partial charge in [0.1, 0.15) is 5.69 Å². The number of nitrogens with zero attached hydrogens (tertiary/aromatic N) is 3. The maximum Gasteiger partial charge on any atom is 0.416 e. The van der Waals surface area contributed by atoms with Crippen molar-refractivity contribution in [1.29, 1.82) is 0 Å². The molecular weight excluding hydrogens is 371 g/mol. The second kappa shape index (κ2) is 8.03. The lowest BCUT2D eigenvalue weighted by molar-refractivity contribution is -0.137. The van der Waals surface area contributed by atoms with Crippen LogP contribution in [-0.2, 0) is 12.6 Å². The summed E-state index contributed by atoms with van der Waals surface area (Å²) in [6.07, 6.45) is -0.377. The van der Waals surface area contributed by atoms with Crippen molar-refractivity contribution in [2.45, 2.75) is 12.6 Å². The summed E-state index contributed by atoms with van der Waals surface area (Å²) in [6.45, 7) is 0.473. The Morgan fingerprint density at radius 2 is 1.86 bits per heavy atom. The van der Waals surface area contributed by atoms with Crippen LogP contribution in [0.1, 0.15) is 21.6 Å². The van der Waals surface area contributed by atoms with Crippen LogP contribution in [0.5, 0.6) is 0 Å². The fourth-order valence-corrected chi connectivity index (χ4v) is 2.50. The van der Waals surface area contributed by atoms with Crippen molar-refractivity contribution in [3.8, 4) is 11.3 Å². The molecule has 0 unspecified atom stereocenters. The van der Waals surface area contributed by atoms with Gasteiger partial charge in [-0.2, -0.15) is 13.2 Å². The minimum atomic E-state index is -4.43. The molecule has 0 radical (unpaired) electrons.